The van der Waals surface area contributed by atoms with Crippen LogP contribution in [0, 0.1) is 0 Å². The molecule has 3 heterocycles. The van der Waals surface area contributed by atoms with Gasteiger partial charge >= 0.3 is 0 Å². The van der Waals surface area contributed by atoms with Crippen molar-refractivity contribution in [1.29, 1.82) is 0 Å². The first-order valence-corrected chi connectivity index (χ1v) is 8.74. The monoisotopic (exact) mass is 308 g/mol. The molecule has 4 rings (SSSR count). The molecule has 1 aromatic carbocycles. The van der Waals surface area contributed by atoms with Crippen molar-refractivity contribution in [2.75, 3.05) is 13.1 Å². The van der Waals surface area contributed by atoms with Crippen LogP contribution in [0.4, 0.5) is 0 Å². The zero-order chi connectivity index (χ0) is 15.5. The lowest BCUT2D eigenvalue weighted by Gasteiger charge is -2.32. The van der Waals surface area contributed by atoms with E-state index in [0.717, 1.165) is 24.0 Å². The van der Waals surface area contributed by atoms with Crippen LogP contribution in [0.15, 0.2) is 42.7 Å². The maximum absolute atomic E-state index is 4.51. The minimum absolute atomic E-state index is 0.629. The van der Waals surface area contributed by atoms with Gasteiger partial charge in [0.05, 0.1) is 0 Å². The van der Waals surface area contributed by atoms with E-state index in [1.807, 2.05) is 42.7 Å². The predicted octanol–water partition coefficient (Wildman–Crippen LogP) is 2.86. The molecule has 0 amide bonds. The van der Waals surface area contributed by atoms with Crippen LogP contribution in [0.1, 0.15) is 31.2 Å². The number of fused-ring (bicyclic) bond motifs is 1. The van der Waals surface area contributed by atoms with Gasteiger partial charge in [0.1, 0.15) is 0 Å². The minimum Gasteiger partial charge on any atom is -0.308 e. The molecule has 2 saturated heterocycles. The molecule has 1 N–H and O–H groups in total. The number of nitrogens with one attached hydrogen (secondary N) is 1. The summed E-state index contributed by atoms with van der Waals surface area (Å²) >= 11 is 0. The second-order valence-corrected chi connectivity index (χ2v) is 6.66. The lowest BCUT2D eigenvalue weighted by atomic mass is 9.99. The van der Waals surface area contributed by atoms with Gasteiger partial charge in [0.25, 0.3) is 0 Å². The Labute approximate surface area is 138 Å². The van der Waals surface area contributed by atoms with Crippen molar-refractivity contribution in [2.24, 2.45) is 0 Å². The Kier molecular flexibility index (Phi) is 4.35. The third kappa shape index (κ3) is 3.28. The van der Waals surface area contributed by atoms with Crippen molar-refractivity contribution in [1.82, 2.24) is 20.2 Å². The molecular formula is C19H24N4. The van der Waals surface area contributed by atoms with Gasteiger partial charge in [-0.05, 0) is 25.8 Å². The Balaban J connectivity index is 1.36. The Bertz CT molecular complexity index is 626. The number of piperidine rings is 1. The molecule has 2 atom stereocenters. The number of aromatic nitrogens is 2. The highest BCUT2D eigenvalue weighted by Gasteiger charge is 2.34. The van der Waals surface area contributed by atoms with Crippen molar-refractivity contribution in [3.05, 3.63) is 48.3 Å². The molecule has 4 heteroatoms. The zero-order valence-corrected chi connectivity index (χ0v) is 13.5. The minimum atomic E-state index is 0.629. The molecule has 2 aliphatic heterocycles. The third-order valence-electron chi connectivity index (χ3n) is 5.16. The van der Waals surface area contributed by atoms with Gasteiger partial charge in [-0.2, -0.15) is 0 Å². The van der Waals surface area contributed by atoms with Crippen LogP contribution >= 0.6 is 0 Å². The van der Waals surface area contributed by atoms with E-state index in [2.05, 4.69) is 20.2 Å². The van der Waals surface area contributed by atoms with Crippen LogP contribution in [0.2, 0.25) is 0 Å². The molecule has 2 aromatic rings. The van der Waals surface area contributed by atoms with Gasteiger partial charge < -0.3 is 5.32 Å². The summed E-state index contributed by atoms with van der Waals surface area (Å²) in [5, 5.41) is 3.73. The molecule has 23 heavy (non-hydrogen) atoms. The van der Waals surface area contributed by atoms with Gasteiger partial charge in [0, 0.05) is 48.7 Å². The smallest absolute Gasteiger partial charge is 0.159 e. The Hall–Kier alpha value is -1.78. The fourth-order valence-corrected chi connectivity index (χ4v) is 3.92. The van der Waals surface area contributed by atoms with Gasteiger partial charge in [-0.25, -0.2) is 9.97 Å². The van der Waals surface area contributed by atoms with Gasteiger partial charge in [-0.3, -0.25) is 4.90 Å². The number of hydrogen-bond donors (Lipinski definition) is 1. The molecule has 0 aliphatic carbocycles. The second-order valence-electron chi connectivity index (χ2n) is 6.66. The summed E-state index contributed by atoms with van der Waals surface area (Å²) in [6, 6.07) is 11.5. The molecule has 120 valence electrons. The van der Waals surface area contributed by atoms with Crippen molar-refractivity contribution < 1.29 is 0 Å². The molecule has 0 unspecified atom stereocenters. The first-order chi connectivity index (χ1) is 11.4. The lowest BCUT2D eigenvalue weighted by Crippen LogP contribution is -2.44. The Morgan fingerprint density at radius 2 is 1.83 bits per heavy atom. The number of benzene rings is 1. The SMILES string of the molecule is c1ccc(-c2ncc(CN[C@@H]3CCN4CCCC[C@H]34)cn2)cc1. The summed E-state index contributed by atoms with van der Waals surface area (Å²) in [4.78, 5) is 11.7. The maximum Gasteiger partial charge on any atom is 0.159 e. The molecule has 0 radical (unpaired) electrons. The van der Waals surface area contributed by atoms with E-state index < -0.39 is 0 Å². The van der Waals surface area contributed by atoms with E-state index >= 15 is 0 Å². The van der Waals surface area contributed by atoms with Gasteiger partial charge in [0.15, 0.2) is 5.82 Å². The molecule has 0 saturated carbocycles. The molecule has 1 aromatic heterocycles. The molecule has 2 fully saturated rings. The molecular weight excluding hydrogens is 284 g/mol. The second kappa shape index (κ2) is 6.77. The summed E-state index contributed by atoms with van der Waals surface area (Å²) in [7, 11) is 0. The summed E-state index contributed by atoms with van der Waals surface area (Å²) in [5.74, 6) is 0.800. The Morgan fingerprint density at radius 1 is 1.00 bits per heavy atom. The molecule has 4 nitrogen and oxygen atoms in total. The number of rotatable bonds is 4. The fraction of sp³-hybridized carbons (Fsp3) is 0.474. The van der Waals surface area contributed by atoms with Crippen LogP contribution in [0.5, 0.6) is 0 Å². The van der Waals surface area contributed by atoms with Crippen LogP contribution in [-0.2, 0) is 6.54 Å². The Morgan fingerprint density at radius 3 is 2.65 bits per heavy atom. The van der Waals surface area contributed by atoms with E-state index in [1.165, 1.54) is 44.3 Å². The highest BCUT2D eigenvalue weighted by Crippen LogP contribution is 2.27. The van der Waals surface area contributed by atoms with Crippen LogP contribution < -0.4 is 5.32 Å². The average molecular weight is 308 g/mol. The quantitative estimate of drug-likeness (QED) is 0.943. The lowest BCUT2D eigenvalue weighted by molar-refractivity contribution is 0.180. The van der Waals surface area contributed by atoms with E-state index in [1.54, 1.807) is 0 Å². The van der Waals surface area contributed by atoms with E-state index in [4.69, 9.17) is 0 Å². The molecule has 0 spiro atoms. The third-order valence-corrected chi connectivity index (χ3v) is 5.16. The largest absolute Gasteiger partial charge is 0.308 e. The van der Waals surface area contributed by atoms with E-state index in [-0.39, 0.29) is 0 Å². The van der Waals surface area contributed by atoms with E-state index in [9.17, 15) is 0 Å². The highest BCUT2D eigenvalue weighted by molar-refractivity contribution is 5.53. The average Bonchev–Trinajstić information content (AvgIpc) is 3.04. The van der Waals surface area contributed by atoms with E-state index in [0.29, 0.717) is 6.04 Å². The van der Waals surface area contributed by atoms with Gasteiger partial charge in [-0.1, -0.05) is 36.8 Å². The number of nitrogens with zero attached hydrogens (tertiary/aromatic N) is 3. The summed E-state index contributed by atoms with van der Waals surface area (Å²) in [6.07, 6.45) is 9.28. The van der Waals surface area contributed by atoms with Crippen LogP contribution in [0.3, 0.4) is 0 Å². The molecule has 2 aliphatic rings. The van der Waals surface area contributed by atoms with Gasteiger partial charge in [-0.15, -0.1) is 0 Å². The summed E-state index contributed by atoms with van der Waals surface area (Å²) < 4.78 is 0. The van der Waals surface area contributed by atoms with Crippen LogP contribution in [0.25, 0.3) is 11.4 Å². The van der Waals surface area contributed by atoms with Crippen molar-refractivity contribution in [2.45, 2.75) is 44.3 Å². The fourth-order valence-electron chi connectivity index (χ4n) is 3.92. The number of hydrogen-bond acceptors (Lipinski definition) is 4. The first kappa shape index (κ1) is 14.8. The van der Waals surface area contributed by atoms with Crippen molar-refractivity contribution >= 4 is 0 Å². The molecule has 0 bridgehead atoms. The standard InChI is InChI=1S/C19H24N4/c1-2-6-16(7-3-1)19-21-13-15(14-22-19)12-20-17-9-11-23-10-5-4-8-18(17)23/h1-3,6-7,13-14,17-18,20H,4-5,8-12H2/t17-,18-/m1/s1. The predicted molar refractivity (Wildman–Crippen MR) is 91.9 cm³/mol. The normalized spacial score (nSPS) is 24.5. The topological polar surface area (TPSA) is 41.1 Å². The highest BCUT2D eigenvalue weighted by atomic mass is 15.2. The van der Waals surface area contributed by atoms with Crippen LogP contribution in [-0.4, -0.2) is 40.0 Å². The zero-order valence-electron chi connectivity index (χ0n) is 13.5. The van der Waals surface area contributed by atoms with Crippen molar-refractivity contribution in [3.8, 4) is 11.4 Å². The van der Waals surface area contributed by atoms with Crippen molar-refractivity contribution in [3.63, 3.8) is 0 Å². The summed E-state index contributed by atoms with van der Waals surface area (Å²) in [5.41, 5.74) is 2.24. The summed E-state index contributed by atoms with van der Waals surface area (Å²) in [6.45, 7) is 3.41. The maximum atomic E-state index is 4.51. The first-order valence-electron chi connectivity index (χ1n) is 8.74. The van der Waals surface area contributed by atoms with Gasteiger partial charge in [0.2, 0.25) is 0 Å².